The van der Waals surface area contributed by atoms with E-state index in [4.69, 9.17) is 30.5 Å². The van der Waals surface area contributed by atoms with E-state index in [1.54, 1.807) is 49.0 Å². The van der Waals surface area contributed by atoms with Gasteiger partial charge in [0, 0.05) is 35.2 Å². The first-order valence-electron chi connectivity index (χ1n) is 27.3. The molecule has 26 heteroatoms. The van der Waals surface area contributed by atoms with E-state index in [1.807, 2.05) is 103 Å². The number of nitrogens with one attached hydrogen (secondary N) is 3. The number of carbonyl (C=O) groups excluding carboxylic acids is 5. The molecule has 2 saturated heterocycles. The molecular formula is C58H87ClN8O15S2. The van der Waals surface area contributed by atoms with Crippen molar-refractivity contribution in [2.75, 3.05) is 39.5 Å². The quantitative estimate of drug-likeness (QED) is 0.0375. The number of hydrogen-bond donors (Lipinski definition) is 9. The maximum absolute atomic E-state index is 13.7. The number of ether oxygens (including phenoxy) is 2. The molecule has 6 rings (SSSR count). The molecule has 0 unspecified atom stereocenters. The largest absolute Gasteiger partial charge is 0.481 e. The Balaban J connectivity index is 0.000000726. The van der Waals surface area contributed by atoms with Crippen LogP contribution in [0, 0.1) is 24.7 Å². The zero-order valence-corrected chi connectivity index (χ0v) is 51.7. The molecule has 2 aliphatic rings. The van der Waals surface area contributed by atoms with Crippen LogP contribution in [0.1, 0.15) is 131 Å². The Morgan fingerprint density at radius 3 is 1.29 bits per heavy atom. The molecule has 8 atom stereocenters. The minimum atomic E-state index is -0.992. The lowest BCUT2D eigenvalue weighted by Crippen LogP contribution is -2.58. The molecule has 0 radical (unpaired) electrons. The standard InChI is InChI=1S/C29H40N4O7S.C23H32N4O3S.C6H10O5.ClH.2H2/c1-17(19-6-8-20(9-7-19)25-18(2)30-16-41-25)31-27(38)22-14-21(34)15-33(22)28(39)26(29(3,4)5)32-23(35)10-12-40-13-11-24(36)37;1-13(15-6-8-16(9-7-15)19-14(2)25-12-31-19)26-21(29)18-10-17(28)11-27(18)22(30)20(24)23(3,4)5;7-5(8)1-3-11-4-2-6(9)10;;;/h6-9,16-17,21-22,26,34H,10-15H2,1-5H3,(H,31,38)(H,32,35)(H,36,37);6-9,12-13,17-18,20,28H,10-11,24H2,1-5H3,(H,26,29);1-4H2,(H,7,8)(H,9,10);3*1H/t17-,21+,22-,26+;13-,17+,18-,20+;;;;/m00..../s1. The molecule has 2 aromatic heterocycles. The summed E-state index contributed by atoms with van der Waals surface area (Å²) < 4.78 is 9.88. The zero-order valence-electron chi connectivity index (χ0n) is 49.3. The van der Waals surface area contributed by atoms with E-state index in [-0.39, 0.29) is 123 Å². The second-order valence-corrected chi connectivity index (χ2v) is 24.4. The number of carbonyl (C=O) groups is 8. The summed E-state index contributed by atoms with van der Waals surface area (Å²) in [5, 5.41) is 54.2. The molecule has 0 aliphatic carbocycles. The van der Waals surface area contributed by atoms with Crippen LogP contribution < -0.4 is 21.7 Å². The number of aliphatic hydroxyl groups excluding tert-OH is 2. The molecular weight excluding hydrogens is 1150 g/mol. The van der Waals surface area contributed by atoms with Gasteiger partial charge in [0.2, 0.25) is 29.5 Å². The molecule has 2 fully saturated rings. The second kappa shape index (κ2) is 33.3. The predicted molar refractivity (Wildman–Crippen MR) is 323 cm³/mol. The van der Waals surface area contributed by atoms with Crippen LogP contribution in [0.4, 0.5) is 0 Å². The lowest BCUT2D eigenvalue weighted by Gasteiger charge is -2.35. The van der Waals surface area contributed by atoms with Crippen LogP contribution in [-0.2, 0) is 47.8 Å². The van der Waals surface area contributed by atoms with Crippen molar-refractivity contribution in [2.24, 2.45) is 16.6 Å². The van der Waals surface area contributed by atoms with Gasteiger partial charge in [-0.2, -0.15) is 0 Å². The van der Waals surface area contributed by atoms with E-state index >= 15 is 0 Å². The highest BCUT2D eigenvalue weighted by atomic mass is 35.5. The minimum absolute atomic E-state index is 0. The van der Waals surface area contributed by atoms with Crippen molar-refractivity contribution in [3.63, 3.8) is 0 Å². The SMILES string of the molecule is Cc1ncsc1-c1ccc([C@H](C)NC(=O)[C@@H]2C[C@@H](O)CN2C(=O)[C@@H](N)C(C)(C)C)cc1.Cc1ncsc1-c1ccc([C@H](C)NC(=O)[C@@H]2C[C@@H](O)CN2C(=O)[C@@H](NC(=O)CCOCCC(=O)O)C(C)(C)C)cc1.Cl.O=C(O)CCOCCC(=O)O.[HH].[HH]. The van der Waals surface area contributed by atoms with Crippen molar-refractivity contribution in [3.05, 3.63) is 82.1 Å². The lowest BCUT2D eigenvalue weighted by molar-refractivity contribution is -0.144. The molecule has 468 valence electrons. The lowest BCUT2D eigenvalue weighted by atomic mass is 9.85. The number of β-amino-alcohol motifs (C(OH)–C–C–N with tert-alkyl or cyclic N) is 2. The van der Waals surface area contributed by atoms with Gasteiger partial charge in [0.15, 0.2) is 0 Å². The molecule has 4 aromatic rings. The first-order valence-corrected chi connectivity index (χ1v) is 29.1. The molecule has 2 aromatic carbocycles. The number of nitrogens with two attached hydrogens (primary N) is 1. The normalized spacial score (nSPS) is 18.1. The first kappa shape index (κ1) is 71.8. The summed E-state index contributed by atoms with van der Waals surface area (Å²) >= 11 is 3.17. The maximum Gasteiger partial charge on any atom is 0.305 e. The number of aliphatic hydroxyl groups is 2. The molecule has 0 bridgehead atoms. The van der Waals surface area contributed by atoms with Crippen LogP contribution in [0.15, 0.2) is 59.6 Å². The number of benzene rings is 2. The summed E-state index contributed by atoms with van der Waals surface area (Å²) in [6.45, 7) is 19.0. The Morgan fingerprint density at radius 2 is 0.964 bits per heavy atom. The van der Waals surface area contributed by atoms with Gasteiger partial charge in [-0.1, -0.05) is 90.1 Å². The van der Waals surface area contributed by atoms with Crippen molar-refractivity contribution in [1.29, 1.82) is 0 Å². The highest BCUT2D eigenvalue weighted by molar-refractivity contribution is 7.13. The highest BCUT2D eigenvalue weighted by Crippen LogP contribution is 2.32. The number of aryl methyl sites for hydroxylation is 2. The summed E-state index contributed by atoms with van der Waals surface area (Å²) in [6.07, 6.45) is -1.68. The molecule has 5 amide bonds. The summed E-state index contributed by atoms with van der Waals surface area (Å²) in [5.41, 5.74) is 14.6. The van der Waals surface area contributed by atoms with Gasteiger partial charge in [-0.25, -0.2) is 9.97 Å². The van der Waals surface area contributed by atoms with Gasteiger partial charge in [-0.15, -0.1) is 35.1 Å². The zero-order chi connectivity index (χ0) is 61.9. The molecule has 10 N–H and O–H groups in total. The van der Waals surface area contributed by atoms with Crippen LogP contribution in [0.5, 0.6) is 0 Å². The molecule has 84 heavy (non-hydrogen) atoms. The number of aromatic nitrogens is 2. The Hall–Kier alpha value is -6.45. The van der Waals surface area contributed by atoms with Gasteiger partial charge in [0.25, 0.3) is 0 Å². The van der Waals surface area contributed by atoms with E-state index < -0.39 is 76.9 Å². The number of likely N-dealkylation sites (tertiary alicyclic amines) is 2. The fraction of sp³-hybridized carbons (Fsp3) is 0.552. The smallest absolute Gasteiger partial charge is 0.305 e. The molecule has 23 nitrogen and oxygen atoms in total. The number of nitrogens with zero attached hydrogens (tertiary/aromatic N) is 4. The summed E-state index contributed by atoms with van der Waals surface area (Å²) in [7, 11) is 0. The summed E-state index contributed by atoms with van der Waals surface area (Å²) in [6, 6.07) is 12.0. The number of carboxylic acid groups (broad SMARTS) is 3. The van der Waals surface area contributed by atoms with Crippen LogP contribution >= 0.6 is 35.1 Å². The van der Waals surface area contributed by atoms with Crippen LogP contribution in [0.3, 0.4) is 0 Å². The van der Waals surface area contributed by atoms with Crippen LogP contribution in [0.25, 0.3) is 20.9 Å². The highest BCUT2D eigenvalue weighted by Gasteiger charge is 2.45. The van der Waals surface area contributed by atoms with Gasteiger partial charge in [-0.3, -0.25) is 38.4 Å². The molecule has 0 spiro atoms. The molecule has 4 heterocycles. The van der Waals surface area contributed by atoms with Gasteiger partial charge in [0.05, 0.1) is 108 Å². The summed E-state index contributed by atoms with van der Waals surface area (Å²) in [5.74, 6) is -4.72. The third-order valence-electron chi connectivity index (χ3n) is 13.8. The Kier molecular flexibility index (Phi) is 28.5. The monoisotopic (exact) mass is 1230 g/mol. The first-order chi connectivity index (χ1) is 38.9. The number of hydrogen-bond acceptors (Lipinski definition) is 17. The van der Waals surface area contributed by atoms with E-state index in [9.17, 15) is 48.6 Å². The maximum atomic E-state index is 13.7. The Bertz CT molecular complexity index is 2820. The fourth-order valence-electron chi connectivity index (χ4n) is 8.85. The Morgan fingerprint density at radius 1 is 0.607 bits per heavy atom. The topological polar surface area (TPSA) is 351 Å². The van der Waals surface area contributed by atoms with Crippen molar-refractivity contribution in [2.45, 2.75) is 156 Å². The van der Waals surface area contributed by atoms with Crippen molar-refractivity contribution in [3.8, 4) is 20.9 Å². The Labute approximate surface area is 507 Å². The number of halogens is 1. The number of amides is 5. The predicted octanol–water partition coefficient (Wildman–Crippen LogP) is 6.17. The van der Waals surface area contributed by atoms with Gasteiger partial charge in [0.1, 0.15) is 18.1 Å². The number of rotatable bonds is 23. The second-order valence-electron chi connectivity index (χ2n) is 22.6. The fourth-order valence-corrected chi connectivity index (χ4v) is 10.5. The molecule has 0 saturated carbocycles. The van der Waals surface area contributed by atoms with Crippen LogP contribution in [0.2, 0.25) is 0 Å². The molecule has 2 aliphatic heterocycles. The van der Waals surface area contributed by atoms with Gasteiger partial charge >= 0.3 is 17.9 Å². The van der Waals surface area contributed by atoms with Crippen molar-refractivity contribution >= 4 is 82.5 Å². The number of carboxylic acids is 3. The van der Waals surface area contributed by atoms with Gasteiger partial charge in [-0.05, 0) is 60.8 Å². The number of aliphatic carboxylic acids is 3. The van der Waals surface area contributed by atoms with Crippen molar-refractivity contribution in [1.82, 2.24) is 35.7 Å². The average molecular weight is 1240 g/mol. The average Bonchev–Trinajstić information content (AvgIpc) is 4.37. The van der Waals surface area contributed by atoms with Gasteiger partial charge < -0.3 is 66.5 Å². The summed E-state index contributed by atoms with van der Waals surface area (Å²) in [4.78, 5) is 110. The van der Waals surface area contributed by atoms with E-state index in [1.165, 1.54) is 9.80 Å². The minimum Gasteiger partial charge on any atom is -0.481 e. The van der Waals surface area contributed by atoms with E-state index in [0.717, 1.165) is 43.4 Å². The number of thiazole rings is 2. The van der Waals surface area contributed by atoms with Crippen LogP contribution in [-0.4, -0.2) is 169 Å². The van der Waals surface area contributed by atoms with E-state index in [2.05, 4.69) is 25.9 Å². The van der Waals surface area contributed by atoms with E-state index in [0.29, 0.717) is 0 Å². The third-order valence-corrected chi connectivity index (χ3v) is 15.7. The van der Waals surface area contributed by atoms with Crippen molar-refractivity contribution < 1.29 is 76.2 Å². The third kappa shape index (κ3) is 22.2.